The number of thiophene rings is 1. The van der Waals surface area contributed by atoms with Crippen molar-refractivity contribution in [2.75, 3.05) is 7.05 Å². The smallest absolute Gasteiger partial charge is 0.244 e. The summed E-state index contributed by atoms with van der Waals surface area (Å²) in [5, 5.41) is 10.9. The molecule has 1 aromatic heterocycles. The molecular weight excluding hydrogens is 294 g/mol. The maximum absolute atomic E-state index is 12.5. The number of sulfonamides is 1. The number of aliphatic hydroxyl groups is 1. The first-order valence-corrected chi connectivity index (χ1v) is 8.46. The molecule has 0 aliphatic rings. The van der Waals surface area contributed by atoms with Gasteiger partial charge < -0.3 is 5.11 Å². The van der Waals surface area contributed by atoms with Crippen LogP contribution in [0.2, 0.25) is 0 Å². The Morgan fingerprint density at radius 1 is 1.20 bits per heavy atom. The normalized spacial score (nSPS) is 12.0. The molecule has 2 rings (SSSR count). The molecule has 0 amide bonds. The lowest BCUT2D eigenvalue weighted by Gasteiger charge is -2.17. The van der Waals surface area contributed by atoms with E-state index in [9.17, 15) is 13.5 Å². The molecule has 0 saturated heterocycles. The average Bonchev–Trinajstić information content (AvgIpc) is 2.90. The number of aliphatic hydroxyl groups excluding tert-OH is 1. The van der Waals surface area contributed by atoms with Crippen molar-refractivity contribution in [3.8, 4) is 0 Å². The Morgan fingerprint density at radius 2 is 1.85 bits per heavy atom. The van der Waals surface area contributed by atoms with Crippen LogP contribution in [0.1, 0.15) is 16.0 Å². The maximum Gasteiger partial charge on any atom is 0.244 e. The van der Waals surface area contributed by atoms with Crippen LogP contribution in [-0.4, -0.2) is 24.9 Å². The van der Waals surface area contributed by atoms with Crippen LogP contribution in [0, 0.1) is 6.92 Å². The highest BCUT2D eigenvalue weighted by molar-refractivity contribution is 7.89. The standard InChI is InChI=1S/C14H17NO3S2/c1-11-3-5-12(6-4-11)9-15(2)20(17,18)14-7-8-19-13(14)10-16/h3-8,16H,9-10H2,1-2H3. The van der Waals surface area contributed by atoms with E-state index in [2.05, 4.69) is 0 Å². The number of benzene rings is 1. The zero-order valence-electron chi connectivity index (χ0n) is 11.4. The van der Waals surface area contributed by atoms with E-state index in [1.54, 1.807) is 12.4 Å². The minimum absolute atomic E-state index is 0.194. The Morgan fingerprint density at radius 3 is 2.45 bits per heavy atom. The number of hydrogen-bond acceptors (Lipinski definition) is 4. The van der Waals surface area contributed by atoms with Gasteiger partial charge in [-0.1, -0.05) is 29.8 Å². The molecule has 1 N–H and O–H groups in total. The van der Waals surface area contributed by atoms with Crippen LogP contribution in [0.5, 0.6) is 0 Å². The van der Waals surface area contributed by atoms with E-state index in [-0.39, 0.29) is 11.5 Å². The van der Waals surface area contributed by atoms with Crippen LogP contribution in [0.4, 0.5) is 0 Å². The van der Waals surface area contributed by atoms with Crippen molar-refractivity contribution in [3.05, 3.63) is 51.7 Å². The van der Waals surface area contributed by atoms with E-state index in [0.717, 1.165) is 11.1 Å². The second-order valence-electron chi connectivity index (χ2n) is 4.61. The van der Waals surface area contributed by atoms with Gasteiger partial charge in [-0.2, -0.15) is 4.31 Å². The molecule has 1 aromatic carbocycles. The zero-order chi connectivity index (χ0) is 14.8. The molecule has 20 heavy (non-hydrogen) atoms. The molecule has 2 aromatic rings. The summed E-state index contributed by atoms with van der Waals surface area (Å²) in [6.45, 7) is 2.04. The largest absolute Gasteiger partial charge is 0.391 e. The Kier molecular flexibility index (Phi) is 4.59. The molecule has 0 fully saturated rings. The van der Waals surface area contributed by atoms with Gasteiger partial charge in [-0.3, -0.25) is 0 Å². The number of nitrogens with zero attached hydrogens (tertiary/aromatic N) is 1. The summed E-state index contributed by atoms with van der Waals surface area (Å²) in [5.74, 6) is 0. The first-order valence-electron chi connectivity index (χ1n) is 6.14. The minimum Gasteiger partial charge on any atom is -0.391 e. The van der Waals surface area contributed by atoms with E-state index < -0.39 is 10.0 Å². The molecule has 0 aliphatic heterocycles. The van der Waals surface area contributed by atoms with Crippen molar-refractivity contribution in [2.45, 2.75) is 25.0 Å². The monoisotopic (exact) mass is 311 g/mol. The molecule has 4 nitrogen and oxygen atoms in total. The fraction of sp³-hybridized carbons (Fsp3) is 0.286. The van der Waals surface area contributed by atoms with Crippen LogP contribution in [0.15, 0.2) is 40.6 Å². The highest BCUT2D eigenvalue weighted by atomic mass is 32.2. The van der Waals surface area contributed by atoms with Gasteiger partial charge >= 0.3 is 0 Å². The van der Waals surface area contributed by atoms with Crippen molar-refractivity contribution >= 4 is 21.4 Å². The molecule has 0 radical (unpaired) electrons. The van der Waals surface area contributed by atoms with Gasteiger partial charge in [0, 0.05) is 18.5 Å². The fourth-order valence-electron chi connectivity index (χ4n) is 1.88. The van der Waals surface area contributed by atoms with Crippen LogP contribution >= 0.6 is 11.3 Å². The number of rotatable bonds is 5. The van der Waals surface area contributed by atoms with Crippen LogP contribution < -0.4 is 0 Å². The summed E-state index contributed by atoms with van der Waals surface area (Å²) in [5.41, 5.74) is 2.07. The molecule has 0 spiro atoms. The third-order valence-electron chi connectivity index (χ3n) is 3.06. The minimum atomic E-state index is -3.56. The SMILES string of the molecule is Cc1ccc(CN(C)S(=O)(=O)c2ccsc2CO)cc1. The first kappa shape index (κ1) is 15.2. The Balaban J connectivity index is 2.23. The van der Waals surface area contributed by atoms with E-state index >= 15 is 0 Å². The Labute approximate surface area is 123 Å². The van der Waals surface area contributed by atoms with Crippen LogP contribution in [-0.2, 0) is 23.2 Å². The zero-order valence-corrected chi connectivity index (χ0v) is 13.0. The van der Waals surface area contributed by atoms with E-state index in [0.29, 0.717) is 11.4 Å². The first-order chi connectivity index (χ1) is 9.45. The van der Waals surface area contributed by atoms with Gasteiger partial charge in [-0.05, 0) is 23.9 Å². The Bertz CT molecular complexity index is 675. The van der Waals surface area contributed by atoms with Crippen molar-refractivity contribution in [1.29, 1.82) is 0 Å². The molecule has 0 bridgehead atoms. The fourth-order valence-corrected chi connectivity index (χ4v) is 4.30. The number of aryl methyl sites for hydroxylation is 1. The van der Waals surface area contributed by atoms with Crippen molar-refractivity contribution in [3.63, 3.8) is 0 Å². The lowest BCUT2D eigenvalue weighted by Crippen LogP contribution is -2.26. The molecule has 0 unspecified atom stereocenters. The van der Waals surface area contributed by atoms with Gasteiger partial charge in [0.1, 0.15) is 0 Å². The van der Waals surface area contributed by atoms with Crippen LogP contribution in [0.25, 0.3) is 0 Å². The summed E-state index contributed by atoms with van der Waals surface area (Å²) in [6, 6.07) is 9.29. The highest BCUT2D eigenvalue weighted by Crippen LogP contribution is 2.25. The average molecular weight is 311 g/mol. The van der Waals surface area contributed by atoms with E-state index in [1.807, 2.05) is 31.2 Å². The van der Waals surface area contributed by atoms with Crippen molar-refractivity contribution in [2.24, 2.45) is 0 Å². The maximum atomic E-state index is 12.5. The van der Waals surface area contributed by atoms with Gasteiger partial charge in [0.2, 0.25) is 10.0 Å². The van der Waals surface area contributed by atoms with Gasteiger partial charge in [0.05, 0.1) is 11.5 Å². The predicted octanol–water partition coefficient (Wildman–Crippen LogP) is 2.37. The second-order valence-corrected chi connectivity index (χ2v) is 7.63. The van der Waals surface area contributed by atoms with Crippen LogP contribution in [0.3, 0.4) is 0 Å². The summed E-state index contributed by atoms with van der Waals surface area (Å²) in [6.07, 6.45) is 0. The van der Waals surface area contributed by atoms with Crippen molar-refractivity contribution in [1.82, 2.24) is 4.31 Å². The van der Waals surface area contributed by atoms with Crippen molar-refractivity contribution < 1.29 is 13.5 Å². The molecular formula is C14H17NO3S2. The predicted molar refractivity (Wildman–Crippen MR) is 80.1 cm³/mol. The number of hydrogen-bond donors (Lipinski definition) is 1. The molecule has 0 aliphatic carbocycles. The quantitative estimate of drug-likeness (QED) is 0.922. The van der Waals surface area contributed by atoms with Gasteiger partial charge in [-0.15, -0.1) is 11.3 Å². The van der Waals surface area contributed by atoms with Gasteiger partial charge in [0.25, 0.3) is 0 Å². The molecule has 1 heterocycles. The van der Waals surface area contributed by atoms with E-state index in [4.69, 9.17) is 0 Å². The highest BCUT2D eigenvalue weighted by Gasteiger charge is 2.24. The summed E-state index contributed by atoms with van der Waals surface area (Å²) in [7, 11) is -2.01. The summed E-state index contributed by atoms with van der Waals surface area (Å²) in [4.78, 5) is 0.667. The lowest BCUT2D eigenvalue weighted by atomic mass is 10.1. The Hall–Kier alpha value is -1.21. The molecule has 108 valence electrons. The molecule has 6 heteroatoms. The lowest BCUT2D eigenvalue weighted by molar-refractivity contribution is 0.282. The third-order valence-corrected chi connectivity index (χ3v) is 5.99. The summed E-state index contributed by atoms with van der Waals surface area (Å²) >= 11 is 1.25. The summed E-state index contributed by atoms with van der Waals surface area (Å²) < 4.78 is 26.2. The van der Waals surface area contributed by atoms with Gasteiger partial charge in [-0.25, -0.2) is 8.42 Å². The third kappa shape index (κ3) is 3.09. The van der Waals surface area contributed by atoms with E-state index in [1.165, 1.54) is 21.7 Å². The molecule has 0 saturated carbocycles. The van der Waals surface area contributed by atoms with Gasteiger partial charge in [0.15, 0.2) is 0 Å². The topological polar surface area (TPSA) is 57.6 Å². The second kappa shape index (κ2) is 6.05. The molecule has 0 atom stereocenters.